The molecule has 0 saturated carbocycles. The number of nitrogens with zero attached hydrogens (tertiary/aromatic N) is 1. The second kappa shape index (κ2) is 6.35. The lowest BCUT2D eigenvalue weighted by Gasteiger charge is -2.22. The van der Waals surface area contributed by atoms with E-state index in [9.17, 15) is 13.2 Å². The van der Waals surface area contributed by atoms with Crippen LogP contribution < -0.4 is 5.73 Å². The molecule has 0 amide bonds. The molecule has 2 rings (SSSR count). The summed E-state index contributed by atoms with van der Waals surface area (Å²) in [6.45, 7) is 3.25. The number of nitrogens with one attached hydrogen (secondary N) is 1. The molecule has 1 aliphatic rings. The molecular formula is C12H20ClN3O4S. The third-order valence-corrected chi connectivity index (χ3v) is 5.54. The predicted octanol–water partition coefficient (Wildman–Crippen LogP) is 0.583. The van der Waals surface area contributed by atoms with Crippen LogP contribution in [0.25, 0.3) is 0 Å². The van der Waals surface area contributed by atoms with Crippen molar-refractivity contribution in [1.29, 1.82) is 0 Å². The summed E-state index contributed by atoms with van der Waals surface area (Å²) in [4.78, 5) is 14.0. The first-order valence-corrected chi connectivity index (χ1v) is 7.73. The van der Waals surface area contributed by atoms with Gasteiger partial charge in [-0.25, -0.2) is 13.2 Å². The smallest absolute Gasteiger partial charge is 0.354 e. The fraction of sp³-hybridized carbons (Fsp3) is 0.583. The van der Waals surface area contributed by atoms with Crippen LogP contribution in [0, 0.1) is 5.41 Å². The minimum absolute atomic E-state index is 0. The zero-order chi connectivity index (χ0) is 15.0. The summed E-state index contributed by atoms with van der Waals surface area (Å²) < 4.78 is 30.9. The number of methoxy groups -OCH3 is 1. The van der Waals surface area contributed by atoms with Gasteiger partial charge in [-0.15, -0.1) is 12.4 Å². The summed E-state index contributed by atoms with van der Waals surface area (Å²) >= 11 is 0. The lowest BCUT2D eigenvalue weighted by atomic mass is 9.90. The van der Waals surface area contributed by atoms with E-state index in [2.05, 4.69) is 9.72 Å². The Bertz CT molecular complexity index is 616. The van der Waals surface area contributed by atoms with Crippen molar-refractivity contribution in [2.75, 3.05) is 26.7 Å². The number of ether oxygens (including phenoxy) is 1. The number of carbonyl (C=O) groups excluding carboxylic acids is 1. The van der Waals surface area contributed by atoms with Crippen LogP contribution in [0.2, 0.25) is 0 Å². The molecule has 1 fully saturated rings. The number of aromatic nitrogens is 1. The van der Waals surface area contributed by atoms with Gasteiger partial charge in [-0.1, -0.05) is 6.92 Å². The Kier molecular flexibility index (Phi) is 5.43. The molecule has 9 heteroatoms. The van der Waals surface area contributed by atoms with Gasteiger partial charge in [0.1, 0.15) is 10.6 Å². The van der Waals surface area contributed by atoms with E-state index in [1.165, 1.54) is 23.7 Å². The lowest BCUT2D eigenvalue weighted by Crippen LogP contribution is -2.34. The standard InChI is InChI=1S/C12H19N3O4S.ClH/c1-12(7-13)3-4-15(8-12)20(17,18)9-5-10(14-6-9)11(16)19-2;/h5-6,14H,3-4,7-8,13H2,1-2H3;1H. The van der Waals surface area contributed by atoms with Gasteiger partial charge in [-0.05, 0) is 24.4 Å². The fourth-order valence-electron chi connectivity index (χ4n) is 2.25. The van der Waals surface area contributed by atoms with Crippen LogP contribution in [0.15, 0.2) is 17.2 Å². The second-order valence-corrected chi connectivity index (χ2v) is 7.28. The third-order valence-electron chi connectivity index (χ3n) is 3.72. The van der Waals surface area contributed by atoms with Gasteiger partial charge in [0.2, 0.25) is 10.0 Å². The molecule has 0 bridgehead atoms. The molecule has 21 heavy (non-hydrogen) atoms. The Morgan fingerprint density at radius 2 is 2.24 bits per heavy atom. The van der Waals surface area contributed by atoms with Crippen LogP contribution in [0.5, 0.6) is 0 Å². The van der Waals surface area contributed by atoms with E-state index in [0.717, 1.165) is 6.42 Å². The van der Waals surface area contributed by atoms with Crippen LogP contribution >= 0.6 is 12.4 Å². The van der Waals surface area contributed by atoms with Gasteiger partial charge >= 0.3 is 5.97 Å². The van der Waals surface area contributed by atoms with Crippen LogP contribution in [0.3, 0.4) is 0 Å². The average molecular weight is 338 g/mol. The molecule has 1 aromatic rings. The Balaban J connectivity index is 0.00000220. The number of hydrogen-bond acceptors (Lipinski definition) is 5. The van der Waals surface area contributed by atoms with Gasteiger partial charge < -0.3 is 15.5 Å². The molecule has 2 heterocycles. The minimum Gasteiger partial charge on any atom is -0.464 e. The van der Waals surface area contributed by atoms with Crippen molar-refractivity contribution in [3.05, 3.63) is 18.0 Å². The van der Waals surface area contributed by atoms with E-state index in [1.54, 1.807) is 0 Å². The molecule has 1 aromatic heterocycles. The molecule has 1 saturated heterocycles. The van der Waals surface area contributed by atoms with E-state index in [0.29, 0.717) is 19.6 Å². The molecule has 1 aliphatic heterocycles. The van der Waals surface area contributed by atoms with Crippen LogP contribution in [-0.2, 0) is 14.8 Å². The lowest BCUT2D eigenvalue weighted by molar-refractivity contribution is 0.0595. The summed E-state index contributed by atoms with van der Waals surface area (Å²) in [5.41, 5.74) is 5.62. The average Bonchev–Trinajstić information content (AvgIpc) is 3.05. The largest absolute Gasteiger partial charge is 0.464 e. The van der Waals surface area contributed by atoms with E-state index in [-0.39, 0.29) is 28.4 Å². The number of halogens is 1. The first-order chi connectivity index (χ1) is 9.32. The van der Waals surface area contributed by atoms with Gasteiger partial charge in [-0.3, -0.25) is 0 Å². The maximum atomic E-state index is 12.5. The molecule has 0 aliphatic carbocycles. The minimum atomic E-state index is -3.60. The molecule has 1 unspecified atom stereocenters. The van der Waals surface area contributed by atoms with E-state index >= 15 is 0 Å². The number of sulfonamides is 1. The molecule has 120 valence electrons. The molecule has 0 spiro atoms. The van der Waals surface area contributed by atoms with Crippen LogP contribution in [0.4, 0.5) is 0 Å². The maximum Gasteiger partial charge on any atom is 0.354 e. The zero-order valence-electron chi connectivity index (χ0n) is 12.0. The van der Waals surface area contributed by atoms with Crippen molar-refractivity contribution in [2.45, 2.75) is 18.2 Å². The highest BCUT2D eigenvalue weighted by Crippen LogP contribution is 2.32. The number of esters is 1. The van der Waals surface area contributed by atoms with E-state index in [4.69, 9.17) is 5.73 Å². The molecule has 3 N–H and O–H groups in total. The van der Waals surface area contributed by atoms with Crippen molar-refractivity contribution < 1.29 is 17.9 Å². The van der Waals surface area contributed by atoms with Crippen molar-refractivity contribution in [2.24, 2.45) is 11.1 Å². The highest BCUT2D eigenvalue weighted by Gasteiger charge is 2.39. The Morgan fingerprint density at radius 1 is 1.57 bits per heavy atom. The summed E-state index contributed by atoms with van der Waals surface area (Å²) in [7, 11) is -2.36. The Morgan fingerprint density at radius 3 is 2.76 bits per heavy atom. The summed E-state index contributed by atoms with van der Waals surface area (Å²) in [5, 5.41) is 0. The van der Waals surface area contributed by atoms with Gasteiger partial charge in [0.05, 0.1) is 7.11 Å². The molecule has 1 atom stereocenters. The number of aromatic amines is 1. The fourth-order valence-corrected chi connectivity index (χ4v) is 3.84. The highest BCUT2D eigenvalue weighted by atomic mass is 35.5. The van der Waals surface area contributed by atoms with Crippen LogP contribution in [-0.4, -0.2) is 50.4 Å². The summed E-state index contributed by atoms with van der Waals surface area (Å²) in [6, 6.07) is 1.29. The Hall–Kier alpha value is -1.09. The van der Waals surface area contributed by atoms with Gasteiger partial charge in [0.15, 0.2) is 0 Å². The number of hydrogen-bond donors (Lipinski definition) is 2. The second-order valence-electron chi connectivity index (χ2n) is 5.34. The van der Waals surface area contributed by atoms with E-state index < -0.39 is 16.0 Å². The molecular weight excluding hydrogens is 318 g/mol. The van der Waals surface area contributed by atoms with Gasteiger partial charge in [-0.2, -0.15) is 4.31 Å². The first-order valence-electron chi connectivity index (χ1n) is 6.29. The van der Waals surface area contributed by atoms with Gasteiger partial charge in [0, 0.05) is 19.3 Å². The molecule has 0 radical (unpaired) electrons. The SMILES string of the molecule is COC(=O)c1cc(S(=O)(=O)N2CCC(C)(CN)C2)c[nH]1.Cl. The first kappa shape index (κ1) is 18.0. The summed E-state index contributed by atoms with van der Waals surface area (Å²) in [6.07, 6.45) is 2.04. The third kappa shape index (κ3) is 3.39. The van der Waals surface area contributed by atoms with Crippen molar-refractivity contribution in [1.82, 2.24) is 9.29 Å². The summed E-state index contributed by atoms with van der Waals surface area (Å²) in [5.74, 6) is -0.598. The molecule has 0 aromatic carbocycles. The molecule has 7 nitrogen and oxygen atoms in total. The predicted molar refractivity (Wildman–Crippen MR) is 79.9 cm³/mol. The Labute approximate surface area is 130 Å². The monoisotopic (exact) mass is 337 g/mol. The maximum absolute atomic E-state index is 12.5. The zero-order valence-corrected chi connectivity index (χ0v) is 13.6. The quantitative estimate of drug-likeness (QED) is 0.782. The number of rotatable bonds is 4. The highest BCUT2D eigenvalue weighted by molar-refractivity contribution is 7.89. The number of H-pyrrole nitrogens is 1. The van der Waals surface area contributed by atoms with E-state index in [1.807, 2.05) is 6.92 Å². The number of carbonyl (C=O) groups is 1. The topological polar surface area (TPSA) is 105 Å². The van der Waals surface area contributed by atoms with Crippen LogP contribution in [0.1, 0.15) is 23.8 Å². The van der Waals surface area contributed by atoms with Crippen molar-refractivity contribution in [3.8, 4) is 0 Å². The number of nitrogens with two attached hydrogens (primary N) is 1. The normalized spacial score (nSPS) is 22.8. The van der Waals surface area contributed by atoms with Crippen molar-refractivity contribution in [3.63, 3.8) is 0 Å². The van der Waals surface area contributed by atoms with Crippen molar-refractivity contribution >= 4 is 28.4 Å². The van der Waals surface area contributed by atoms with Gasteiger partial charge in [0.25, 0.3) is 0 Å².